The summed E-state index contributed by atoms with van der Waals surface area (Å²) in [5, 5.41) is 6.14. The molecule has 4 rings (SSSR count). The van der Waals surface area contributed by atoms with E-state index in [1.165, 1.54) is 35.1 Å². The fraction of sp³-hybridized carbons (Fsp3) is 0.350. The molecule has 0 saturated heterocycles. The van der Waals surface area contributed by atoms with Crippen LogP contribution in [0.25, 0.3) is 0 Å². The number of rotatable bonds is 2. The van der Waals surface area contributed by atoms with E-state index in [1.54, 1.807) is 0 Å². The van der Waals surface area contributed by atoms with E-state index in [-0.39, 0.29) is 12.1 Å². The molecule has 3 nitrogen and oxygen atoms in total. The molecule has 0 spiro atoms. The molecule has 0 radical (unpaired) electrons. The van der Waals surface area contributed by atoms with Crippen molar-refractivity contribution in [2.24, 2.45) is 0 Å². The summed E-state index contributed by atoms with van der Waals surface area (Å²) >= 11 is 0. The summed E-state index contributed by atoms with van der Waals surface area (Å²) in [6, 6.07) is 14.7. The van der Waals surface area contributed by atoms with Crippen molar-refractivity contribution in [2.75, 3.05) is 5.32 Å². The standard InChI is InChI=1S/C20H22N2O/c23-20(21-17-12-11-14-6-3-8-16(14)13-17)22-19-10-4-7-15-5-1-2-9-18(15)19/h1-2,5,9,11-13,19H,3-4,6-8,10H2,(H2,21,22,23)/t19-/m0/s1. The molecule has 1 atom stereocenters. The summed E-state index contributed by atoms with van der Waals surface area (Å²) in [6.07, 6.45) is 6.77. The Morgan fingerprint density at radius 2 is 1.74 bits per heavy atom. The van der Waals surface area contributed by atoms with Gasteiger partial charge in [-0.05, 0) is 72.9 Å². The second kappa shape index (κ2) is 6.07. The minimum Gasteiger partial charge on any atom is -0.331 e. The molecule has 2 aromatic rings. The van der Waals surface area contributed by atoms with E-state index in [1.807, 2.05) is 6.07 Å². The average molecular weight is 306 g/mol. The Morgan fingerprint density at radius 3 is 2.70 bits per heavy atom. The van der Waals surface area contributed by atoms with Crippen molar-refractivity contribution in [1.29, 1.82) is 0 Å². The van der Waals surface area contributed by atoms with Gasteiger partial charge in [0.2, 0.25) is 0 Å². The first-order valence-electron chi connectivity index (χ1n) is 8.57. The second-order valence-corrected chi connectivity index (χ2v) is 6.58. The van der Waals surface area contributed by atoms with Gasteiger partial charge in [-0.1, -0.05) is 30.3 Å². The maximum absolute atomic E-state index is 12.4. The second-order valence-electron chi connectivity index (χ2n) is 6.58. The number of carbonyl (C=O) groups excluding carboxylic acids is 1. The molecule has 0 unspecified atom stereocenters. The largest absolute Gasteiger partial charge is 0.331 e. The van der Waals surface area contributed by atoms with E-state index in [0.717, 1.165) is 31.4 Å². The molecule has 2 aliphatic rings. The lowest BCUT2D eigenvalue weighted by molar-refractivity contribution is 0.247. The van der Waals surface area contributed by atoms with Gasteiger partial charge in [0.15, 0.2) is 0 Å². The van der Waals surface area contributed by atoms with Gasteiger partial charge in [0, 0.05) is 5.69 Å². The number of hydrogen-bond acceptors (Lipinski definition) is 1. The number of hydrogen-bond donors (Lipinski definition) is 2. The Labute approximate surface area is 137 Å². The predicted octanol–water partition coefficient (Wildman–Crippen LogP) is 4.37. The summed E-state index contributed by atoms with van der Waals surface area (Å²) in [6.45, 7) is 0. The van der Waals surface area contributed by atoms with Crippen molar-refractivity contribution in [3.8, 4) is 0 Å². The van der Waals surface area contributed by atoms with Gasteiger partial charge in [0.1, 0.15) is 0 Å². The van der Waals surface area contributed by atoms with Crippen molar-refractivity contribution in [1.82, 2.24) is 5.32 Å². The molecule has 0 saturated carbocycles. The molecule has 2 amide bonds. The Balaban J connectivity index is 1.45. The minimum absolute atomic E-state index is 0.107. The van der Waals surface area contributed by atoms with E-state index >= 15 is 0 Å². The molecule has 0 fully saturated rings. The highest BCUT2D eigenvalue weighted by molar-refractivity contribution is 5.89. The summed E-state index contributed by atoms with van der Waals surface area (Å²) in [5.74, 6) is 0. The van der Waals surface area contributed by atoms with Crippen LogP contribution in [-0.2, 0) is 19.3 Å². The monoisotopic (exact) mass is 306 g/mol. The molecule has 118 valence electrons. The molecule has 0 bridgehead atoms. The van der Waals surface area contributed by atoms with Crippen LogP contribution in [0.4, 0.5) is 10.5 Å². The lowest BCUT2D eigenvalue weighted by Crippen LogP contribution is -2.34. The van der Waals surface area contributed by atoms with Crippen LogP contribution >= 0.6 is 0 Å². The molecular weight excluding hydrogens is 284 g/mol. The van der Waals surface area contributed by atoms with Crippen molar-refractivity contribution in [3.05, 3.63) is 64.7 Å². The van der Waals surface area contributed by atoms with E-state index in [9.17, 15) is 4.79 Å². The third-order valence-electron chi connectivity index (χ3n) is 5.03. The van der Waals surface area contributed by atoms with Crippen LogP contribution in [0.5, 0.6) is 0 Å². The summed E-state index contributed by atoms with van der Waals surface area (Å²) in [5.41, 5.74) is 6.33. The molecule has 2 aliphatic carbocycles. The fourth-order valence-corrected chi connectivity index (χ4v) is 3.88. The van der Waals surface area contributed by atoms with Crippen LogP contribution in [0.3, 0.4) is 0 Å². The fourth-order valence-electron chi connectivity index (χ4n) is 3.88. The Morgan fingerprint density at radius 1 is 0.913 bits per heavy atom. The number of fused-ring (bicyclic) bond motifs is 2. The lowest BCUT2D eigenvalue weighted by Gasteiger charge is -2.26. The number of benzene rings is 2. The maximum Gasteiger partial charge on any atom is 0.319 e. The van der Waals surface area contributed by atoms with Gasteiger partial charge >= 0.3 is 6.03 Å². The van der Waals surface area contributed by atoms with E-state index in [2.05, 4.69) is 47.0 Å². The van der Waals surface area contributed by atoms with Gasteiger partial charge in [-0.2, -0.15) is 0 Å². The molecule has 0 aromatic heterocycles. The third kappa shape index (κ3) is 2.96. The Kier molecular flexibility index (Phi) is 3.78. The van der Waals surface area contributed by atoms with E-state index < -0.39 is 0 Å². The number of aryl methyl sites for hydroxylation is 3. The van der Waals surface area contributed by atoms with Crippen molar-refractivity contribution < 1.29 is 4.79 Å². The van der Waals surface area contributed by atoms with Crippen molar-refractivity contribution in [2.45, 2.75) is 44.6 Å². The topological polar surface area (TPSA) is 41.1 Å². The smallest absolute Gasteiger partial charge is 0.319 e. The highest BCUT2D eigenvalue weighted by Crippen LogP contribution is 2.29. The zero-order valence-electron chi connectivity index (χ0n) is 13.3. The SMILES string of the molecule is O=C(Nc1ccc2c(c1)CCC2)N[C@H]1CCCc2ccccc21. The number of amides is 2. The van der Waals surface area contributed by atoms with Gasteiger partial charge in [0.05, 0.1) is 6.04 Å². The summed E-state index contributed by atoms with van der Waals surface area (Å²) in [7, 11) is 0. The number of nitrogens with one attached hydrogen (secondary N) is 2. The van der Waals surface area contributed by atoms with Crippen LogP contribution in [-0.4, -0.2) is 6.03 Å². The van der Waals surface area contributed by atoms with Crippen LogP contribution in [0.15, 0.2) is 42.5 Å². The predicted molar refractivity (Wildman–Crippen MR) is 92.7 cm³/mol. The first-order chi connectivity index (χ1) is 11.3. The van der Waals surface area contributed by atoms with Gasteiger partial charge < -0.3 is 10.6 Å². The molecule has 2 aromatic carbocycles. The zero-order valence-corrected chi connectivity index (χ0v) is 13.3. The maximum atomic E-state index is 12.4. The molecule has 0 heterocycles. The highest BCUT2D eigenvalue weighted by atomic mass is 16.2. The first-order valence-corrected chi connectivity index (χ1v) is 8.57. The van der Waals surface area contributed by atoms with Crippen LogP contribution in [0.1, 0.15) is 47.6 Å². The summed E-state index contributed by atoms with van der Waals surface area (Å²) in [4.78, 5) is 12.4. The highest BCUT2D eigenvalue weighted by Gasteiger charge is 2.21. The minimum atomic E-state index is -0.107. The number of carbonyl (C=O) groups is 1. The molecule has 23 heavy (non-hydrogen) atoms. The van der Waals surface area contributed by atoms with Crippen molar-refractivity contribution in [3.63, 3.8) is 0 Å². The molecule has 0 aliphatic heterocycles. The van der Waals surface area contributed by atoms with E-state index in [0.29, 0.717) is 0 Å². The summed E-state index contributed by atoms with van der Waals surface area (Å²) < 4.78 is 0. The number of urea groups is 1. The van der Waals surface area contributed by atoms with Gasteiger partial charge in [-0.25, -0.2) is 4.79 Å². The van der Waals surface area contributed by atoms with Gasteiger partial charge in [-0.15, -0.1) is 0 Å². The van der Waals surface area contributed by atoms with E-state index in [4.69, 9.17) is 0 Å². The first kappa shape index (κ1) is 14.3. The quantitative estimate of drug-likeness (QED) is 0.849. The van der Waals surface area contributed by atoms with Crippen LogP contribution in [0.2, 0.25) is 0 Å². The average Bonchev–Trinajstić information content (AvgIpc) is 3.03. The number of anilines is 1. The van der Waals surface area contributed by atoms with Gasteiger partial charge in [0.25, 0.3) is 0 Å². The lowest BCUT2D eigenvalue weighted by atomic mass is 9.88. The Bertz CT molecular complexity index is 738. The van der Waals surface area contributed by atoms with Crippen LogP contribution < -0.4 is 10.6 Å². The third-order valence-corrected chi connectivity index (χ3v) is 5.03. The normalized spacial score (nSPS) is 18.9. The molecule has 3 heteroatoms. The molecule has 2 N–H and O–H groups in total. The molecular formula is C20H22N2O. The van der Waals surface area contributed by atoms with Crippen molar-refractivity contribution >= 4 is 11.7 Å². The van der Waals surface area contributed by atoms with Gasteiger partial charge in [-0.3, -0.25) is 0 Å². The van der Waals surface area contributed by atoms with Crippen LogP contribution in [0, 0.1) is 0 Å². The zero-order chi connectivity index (χ0) is 15.6. The Hall–Kier alpha value is -2.29.